The summed E-state index contributed by atoms with van der Waals surface area (Å²) in [6.07, 6.45) is 5.59. The van der Waals surface area contributed by atoms with Gasteiger partial charge in [-0.3, -0.25) is 9.59 Å². The van der Waals surface area contributed by atoms with E-state index in [2.05, 4.69) is 5.32 Å². The summed E-state index contributed by atoms with van der Waals surface area (Å²) in [6, 6.07) is 1.68. The van der Waals surface area contributed by atoms with Crippen LogP contribution in [0.25, 0.3) is 0 Å². The predicted molar refractivity (Wildman–Crippen MR) is 88.2 cm³/mol. The second-order valence-electron chi connectivity index (χ2n) is 6.28. The maximum absolute atomic E-state index is 12.5. The molecule has 0 bridgehead atoms. The lowest BCUT2D eigenvalue weighted by Gasteiger charge is -2.31. The molecule has 3 N–H and O–H groups in total. The maximum atomic E-state index is 12.5. The first-order valence-electron chi connectivity index (χ1n) is 8.02. The Hall–Kier alpha value is -1.53. The molecule has 2 amide bonds. The zero-order valence-electron chi connectivity index (χ0n) is 13.1. The molecule has 2 aliphatic rings. The molecule has 23 heavy (non-hydrogen) atoms. The minimum atomic E-state index is -0.0997. The Kier molecular flexibility index (Phi) is 6.07. The second-order valence-corrected chi connectivity index (χ2v) is 6.28. The Morgan fingerprint density at radius 3 is 2.78 bits per heavy atom. The summed E-state index contributed by atoms with van der Waals surface area (Å²) in [5.41, 5.74) is 6.01. The van der Waals surface area contributed by atoms with Gasteiger partial charge in [-0.25, -0.2) is 0 Å². The van der Waals surface area contributed by atoms with Gasteiger partial charge in [0.1, 0.15) is 12.0 Å². The van der Waals surface area contributed by atoms with E-state index in [9.17, 15) is 9.59 Å². The second kappa shape index (κ2) is 7.84. The van der Waals surface area contributed by atoms with Crippen LogP contribution in [0.4, 0.5) is 0 Å². The Balaban J connectivity index is 0.00000192. The van der Waals surface area contributed by atoms with Gasteiger partial charge in [0, 0.05) is 19.6 Å². The minimum absolute atomic E-state index is 0. The van der Waals surface area contributed by atoms with Gasteiger partial charge in [-0.1, -0.05) is 0 Å². The fourth-order valence-electron chi connectivity index (χ4n) is 2.87. The van der Waals surface area contributed by atoms with Crippen molar-refractivity contribution in [3.63, 3.8) is 0 Å². The molecular formula is C16H24ClN3O3. The van der Waals surface area contributed by atoms with Crippen LogP contribution in [0, 0.1) is 11.8 Å². The standard InChI is InChI=1S/C16H23N3O3.ClH/c17-7-14-6-13(10-22-14)16(21)19-5-1-2-12(9-19)15(20)18-8-11-3-4-11;/h6,10-12H,1-5,7-9,17H2,(H,18,20);1H. The number of hydrogen-bond acceptors (Lipinski definition) is 4. The lowest BCUT2D eigenvalue weighted by molar-refractivity contribution is -0.126. The Morgan fingerprint density at radius 2 is 2.13 bits per heavy atom. The summed E-state index contributed by atoms with van der Waals surface area (Å²) in [6.45, 7) is 2.23. The fraction of sp³-hybridized carbons (Fsp3) is 0.625. The zero-order chi connectivity index (χ0) is 15.5. The van der Waals surface area contributed by atoms with E-state index in [4.69, 9.17) is 10.2 Å². The molecule has 1 saturated carbocycles. The first-order chi connectivity index (χ1) is 10.7. The molecule has 1 aromatic rings. The number of nitrogens with zero attached hydrogens (tertiary/aromatic N) is 1. The predicted octanol–water partition coefficient (Wildman–Crippen LogP) is 1.54. The lowest BCUT2D eigenvalue weighted by Crippen LogP contribution is -2.45. The first kappa shape index (κ1) is 17.8. The minimum Gasteiger partial charge on any atom is -0.467 e. The summed E-state index contributed by atoms with van der Waals surface area (Å²) >= 11 is 0. The summed E-state index contributed by atoms with van der Waals surface area (Å²) in [7, 11) is 0. The molecule has 0 radical (unpaired) electrons. The number of piperidine rings is 1. The van der Waals surface area contributed by atoms with Gasteiger partial charge in [0.25, 0.3) is 5.91 Å². The van der Waals surface area contributed by atoms with Crippen LogP contribution in [0.2, 0.25) is 0 Å². The van der Waals surface area contributed by atoms with Crippen LogP contribution in [0.3, 0.4) is 0 Å². The smallest absolute Gasteiger partial charge is 0.257 e. The lowest BCUT2D eigenvalue weighted by atomic mass is 9.96. The normalized spacial score (nSPS) is 20.7. The van der Waals surface area contributed by atoms with Gasteiger partial charge in [-0.15, -0.1) is 12.4 Å². The summed E-state index contributed by atoms with van der Waals surface area (Å²) in [5.74, 6) is 1.17. The molecule has 7 heteroatoms. The number of hydrogen-bond donors (Lipinski definition) is 2. The summed E-state index contributed by atoms with van der Waals surface area (Å²) in [4.78, 5) is 26.4. The Bertz CT molecular complexity index is 557. The molecule has 1 aliphatic carbocycles. The van der Waals surface area contributed by atoms with Crippen LogP contribution >= 0.6 is 12.4 Å². The highest BCUT2D eigenvalue weighted by Gasteiger charge is 2.30. The van der Waals surface area contributed by atoms with E-state index in [0.29, 0.717) is 30.3 Å². The van der Waals surface area contributed by atoms with Gasteiger partial charge in [-0.05, 0) is 37.7 Å². The molecule has 2 fully saturated rings. The third-order valence-electron chi connectivity index (χ3n) is 4.44. The quantitative estimate of drug-likeness (QED) is 0.850. The van der Waals surface area contributed by atoms with E-state index in [-0.39, 0.29) is 36.7 Å². The zero-order valence-corrected chi connectivity index (χ0v) is 13.9. The van der Waals surface area contributed by atoms with E-state index >= 15 is 0 Å². The topological polar surface area (TPSA) is 88.6 Å². The molecule has 128 valence electrons. The van der Waals surface area contributed by atoms with Crippen LogP contribution in [0.15, 0.2) is 16.7 Å². The number of halogens is 1. The molecule has 2 heterocycles. The highest BCUT2D eigenvalue weighted by atomic mass is 35.5. The fourth-order valence-corrected chi connectivity index (χ4v) is 2.87. The third-order valence-corrected chi connectivity index (χ3v) is 4.44. The highest BCUT2D eigenvalue weighted by Crippen LogP contribution is 2.28. The van der Waals surface area contributed by atoms with Crippen molar-refractivity contribution in [3.05, 3.63) is 23.7 Å². The molecule has 6 nitrogen and oxygen atoms in total. The van der Waals surface area contributed by atoms with Gasteiger partial charge in [-0.2, -0.15) is 0 Å². The van der Waals surface area contributed by atoms with E-state index < -0.39 is 0 Å². The molecule has 1 atom stereocenters. The number of amides is 2. The van der Waals surface area contributed by atoms with Crippen molar-refractivity contribution < 1.29 is 14.0 Å². The number of carbonyl (C=O) groups excluding carboxylic acids is 2. The van der Waals surface area contributed by atoms with E-state index in [1.54, 1.807) is 11.0 Å². The van der Waals surface area contributed by atoms with Crippen molar-refractivity contribution in [3.8, 4) is 0 Å². The van der Waals surface area contributed by atoms with Crippen LogP contribution in [-0.4, -0.2) is 36.3 Å². The van der Waals surface area contributed by atoms with Gasteiger partial charge < -0.3 is 20.4 Å². The number of furan rings is 1. The molecule has 1 aromatic heterocycles. The molecular weight excluding hydrogens is 318 g/mol. The first-order valence-corrected chi connectivity index (χ1v) is 8.02. The average Bonchev–Trinajstić information content (AvgIpc) is 3.26. The highest BCUT2D eigenvalue weighted by molar-refractivity contribution is 5.94. The SMILES string of the molecule is Cl.NCc1cc(C(=O)N2CCCC(C(=O)NCC3CC3)C2)co1. The molecule has 3 rings (SSSR count). The molecule has 1 aliphatic heterocycles. The van der Waals surface area contributed by atoms with Crippen molar-refractivity contribution in [2.45, 2.75) is 32.2 Å². The maximum Gasteiger partial charge on any atom is 0.257 e. The average molecular weight is 342 g/mol. The monoisotopic (exact) mass is 341 g/mol. The molecule has 0 spiro atoms. The number of nitrogens with one attached hydrogen (secondary N) is 1. The van der Waals surface area contributed by atoms with Crippen molar-refractivity contribution in [2.75, 3.05) is 19.6 Å². The van der Waals surface area contributed by atoms with Crippen LogP contribution in [0.5, 0.6) is 0 Å². The summed E-state index contributed by atoms with van der Waals surface area (Å²) in [5, 5.41) is 3.01. The Labute approximate surface area is 142 Å². The van der Waals surface area contributed by atoms with E-state index in [1.165, 1.54) is 19.1 Å². The van der Waals surface area contributed by atoms with Crippen LogP contribution in [0.1, 0.15) is 41.8 Å². The van der Waals surface area contributed by atoms with Crippen molar-refractivity contribution in [1.82, 2.24) is 10.2 Å². The molecule has 0 aromatic carbocycles. The number of rotatable bonds is 5. The molecule has 1 unspecified atom stereocenters. The van der Waals surface area contributed by atoms with Crippen LogP contribution < -0.4 is 11.1 Å². The van der Waals surface area contributed by atoms with Gasteiger partial charge >= 0.3 is 0 Å². The van der Waals surface area contributed by atoms with Gasteiger partial charge in [0.2, 0.25) is 5.91 Å². The third kappa shape index (κ3) is 4.48. The number of likely N-dealkylation sites (tertiary alicyclic amines) is 1. The van der Waals surface area contributed by atoms with E-state index in [1.807, 2.05) is 0 Å². The van der Waals surface area contributed by atoms with E-state index in [0.717, 1.165) is 19.4 Å². The van der Waals surface area contributed by atoms with Crippen molar-refractivity contribution in [2.24, 2.45) is 17.6 Å². The summed E-state index contributed by atoms with van der Waals surface area (Å²) < 4.78 is 5.22. The van der Waals surface area contributed by atoms with Gasteiger partial charge in [0.15, 0.2) is 0 Å². The van der Waals surface area contributed by atoms with Crippen molar-refractivity contribution >= 4 is 24.2 Å². The molecule has 1 saturated heterocycles. The number of carbonyl (C=O) groups is 2. The van der Waals surface area contributed by atoms with Gasteiger partial charge in [0.05, 0.1) is 18.0 Å². The van der Waals surface area contributed by atoms with Crippen LogP contribution in [-0.2, 0) is 11.3 Å². The Morgan fingerprint density at radius 1 is 1.35 bits per heavy atom. The van der Waals surface area contributed by atoms with Crippen molar-refractivity contribution in [1.29, 1.82) is 0 Å². The largest absolute Gasteiger partial charge is 0.467 e. The number of nitrogens with two attached hydrogens (primary N) is 1.